The molecule has 1 saturated heterocycles. The summed E-state index contributed by atoms with van der Waals surface area (Å²) in [4.78, 5) is 32.6. The predicted octanol–water partition coefficient (Wildman–Crippen LogP) is 1.42. The van der Waals surface area contributed by atoms with Crippen LogP contribution < -0.4 is 5.11 Å². The molecule has 1 fully saturated rings. The Bertz CT molecular complexity index is 649. The molecule has 1 amide bonds. The first-order valence-corrected chi connectivity index (χ1v) is 7.91. The van der Waals surface area contributed by atoms with E-state index in [1.54, 1.807) is 26.8 Å². The second kappa shape index (κ2) is 7.53. The molecule has 0 aliphatic carbocycles. The number of pyridine rings is 1. The molecule has 0 saturated carbocycles. The number of ether oxygens (including phenoxy) is 1. The molecule has 0 atom stereocenters. The molecule has 0 N–H and O–H groups in total. The maximum atomic E-state index is 11.8. The molecule has 24 heavy (non-hydrogen) atoms. The second-order valence-electron chi connectivity index (χ2n) is 6.81. The van der Waals surface area contributed by atoms with E-state index in [0.29, 0.717) is 13.1 Å². The largest absolute Gasteiger partial charge is 0.543 e. The van der Waals surface area contributed by atoms with Gasteiger partial charge in [-0.25, -0.2) is 4.79 Å². The summed E-state index contributed by atoms with van der Waals surface area (Å²) in [5.41, 5.74) is 0.980. The Balaban J connectivity index is 1.99. The van der Waals surface area contributed by atoms with Crippen molar-refractivity contribution in [2.45, 2.75) is 45.8 Å². The number of nitrogens with zero attached hydrogens (tertiary/aromatic N) is 3. The van der Waals surface area contributed by atoms with Crippen LogP contribution in [0.4, 0.5) is 4.79 Å². The number of rotatable bonds is 3. The van der Waals surface area contributed by atoms with Gasteiger partial charge in [-0.15, -0.1) is 0 Å². The SMILES string of the molecule is CC(C)(C)OC(=O)/N=C1\CCCN(Cc2ccnc(C(=O)[O-])c2)C1. The third-order valence-electron chi connectivity index (χ3n) is 3.43. The van der Waals surface area contributed by atoms with E-state index in [1.807, 2.05) is 0 Å². The lowest BCUT2D eigenvalue weighted by atomic mass is 10.1. The lowest BCUT2D eigenvalue weighted by molar-refractivity contribution is -0.255. The minimum Gasteiger partial charge on any atom is -0.543 e. The summed E-state index contributed by atoms with van der Waals surface area (Å²) in [6, 6.07) is 3.28. The summed E-state index contributed by atoms with van der Waals surface area (Å²) in [5, 5.41) is 10.9. The molecule has 0 unspecified atom stereocenters. The van der Waals surface area contributed by atoms with E-state index < -0.39 is 17.7 Å². The normalized spacial score (nSPS) is 17.7. The first-order valence-electron chi connectivity index (χ1n) is 7.91. The van der Waals surface area contributed by atoms with Crippen LogP contribution in [0.2, 0.25) is 0 Å². The summed E-state index contributed by atoms with van der Waals surface area (Å²) in [7, 11) is 0. The zero-order chi connectivity index (χ0) is 17.7. The fraction of sp³-hybridized carbons (Fsp3) is 0.529. The quantitative estimate of drug-likeness (QED) is 0.830. The Morgan fingerprint density at radius 3 is 2.83 bits per heavy atom. The summed E-state index contributed by atoms with van der Waals surface area (Å²) in [6.45, 7) is 7.39. The van der Waals surface area contributed by atoms with Crippen molar-refractivity contribution >= 4 is 17.8 Å². The lowest BCUT2D eigenvalue weighted by Gasteiger charge is -2.28. The van der Waals surface area contributed by atoms with Crippen LogP contribution in [0.3, 0.4) is 0 Å². The number of hydrogen-bond donors (Lipinski definition) is 0. The van der Waals surface area contributed by atoms with E-state index in [1.165, 1.54) is 12.3 Å². The molecule has 0 aromatic carbocycles. The third kappa shape index (κ3) is 5.73. The first-order chi connectivity index (χ1) is 11.2. The molecule has 0 bridgehead atoms. The number of aromatic carboxylic acids is 1. The Labute approximate surface area is 141 Å². The van der Waals surface area contributed by atoms with Crippen LogP contribution in [0.1, 0.15) is 49.7 Å². The van der Waals surface area contributed by atoms with Gasteiger partial charge in [0, 0.05) is 25.0 Å². The van der Waals surface area contributed by atoms with Crippen LogP contribution in [-0.2, 0) is 11.3 Å². The van der Waals surface area contributed by atoms with Gasteiger partial charge in [-0.2, -0.15) is 4.99 Å². The van der Waals surface area contributed by atoms with Gasteiger partial charge in [0.05, 0.1) is 11.7 Å². The standard InChI is InChI=1S/C17H23N3O4/c1-17(2,3)24-16(23)19-13-5-4-8-20(11-13)10-12-6-7-18-14(9-12)15(21)22/h6-7,9H,4-5,8,10-11H2,1-3H3,(H,21,22)/p-1/b19-13+. The maximum Gasteiger partial charge on any atom is 0.434 e. The average molecular weight is 332 g/mol. The average Bonchev–Trinajstić information content (AvgIpc) is 2.45. The molecule has 1 aliphatic rings. The molecule has 0 radical (unpaired) electrons. The molecule has 1 aromatic heterocycles. The second-order valence-corrected chi connectivity index (χ2v) is 6.81. The van der Waals surface area contributed by atoms with Gasteiger partial charge in [-0.1, -0.05) is 0 Å². The Morgan fingerprint density at radius 1 is 1.42 bits per heavy atom. The first kappa shape index (κ1) is 18.1. The van der Waals surface area contributed by atoms with Crippen LogP contribution in [0.5, 0.6) is 0 Å². The van der Waals surface area contributed by atoms with Crippen molar-refractivity contribution in [3.63, 3.8) is 0 Å². The highest BCUT2D eigenvalue weighted by Gasteiger charge is 2.20. The minimum atomic E-state index is -1.29. The van der Waals surface area contributed by atoms with Gasteiger partial charge in [0.25, 0.3) is 0 Å². The zero-order valence-electron chi connectivity index (χ0n) is 14.2. The smallest absolute Gasteiger partial charge is 0.434 e. The number of carbonyl (C=O) groups is 2. The molecule has 2 heterocycles. The highest BCUT2D eigenvalue weighted by atomic mass is 16.6. The van der Waals surface area contributed by atoms with E-state index in [2.05, 4.69) is 14.9 Å². The summed E-state index contributed by atoms with van der Waals surface area (Å²) >= 11 is 0. The Hall–Kier alpha value is -2.28. The van der Waals surface area contributed by atoms with Crippen molar-refractivity contribution in [3.05, 3.63) is 29.6 Å². The summed E-state index contributed by atoms with van der Waals surface area (Å²) in [6.07, 6.45) is 2.54. The zero-order valence-corrected chi connectivity index (χ0v) is 14.2. The van der Waals surface area contributed by atoms with E-state index in [0.717, 1.165) is 30.7 Å². The number of likely N-dealkylation sites (tertiary alicyclic amines) is 1. The Kier molecular flexibility index (Phi) is 5.66. The third-order valence-corrected chi connectivity index (χ3v) is 3.43. The van der Waals surface area contributed by atoms with E-state index in [9.17, 15) is 14.7 Å². The fourth-order valence-electron chi connectivity index (χ4n) is 2.51. The number of amides is 1. The van der Waals surface area contributed by atoms with Gasteiger partial charge >= 0.3 is 6.09 Å². The summed E-state index contributed by atoms with van der Waals surface area (Å²) < 4.78 is 5.21. The molecule has 1 aromatic rings. The number of aromatic nitrogens is 1. The molecular weight excluding hydrogens is 310 g/mol. The van der Waals surface area contributed by atoms with E-state index >= 15 is 0 Å². The minimum absolute atomic E-state index is 0.0767. The summed E-state index contributed by atoms with van der Waals surface area (Å²) in [5.74, 6) is -1.29. The van der Waals surface area contributed by atoms with Gasteiger partial charge in [0.1, 0.15) is 5.60 Å². The molecule has 130 valence electrons. The maximum absolute atomic E-state index is 11.8. The molecular formula is C17H22N3O4-. The molecule has 7 heteroatoms. The van der Waals surface area contributed by atoms with Crippen molar-refractivity contribution in [2.75, 3.05) is 13.1 Å². The van der Waals surface area contributed by atoms with Crippen molar-refractivity contribution in [2.24, 2.45) is 4.99 Å². The number of aliphatic imine (C=N–C) groups is 1. The molecule has 1 aliphatic heterocycles. The number of piperidine rings is 1. The van der Waals surface area contributed by atoms with Gasteiger partial charge in [0.2, 0.25) is 0 Å². The highest BCUT2D eigenvalue weighted by molar-refractivity contribution is 5.95. The van der Waals surface area contributed by atoms with Crippen LogP contribution >= 0.6 is 0 Å². The van der Waals surface area contributed by atoms with Gasteiger partial charge in [-0.3, -0.25) is 9.88 Å². The van der Waals surface area contributed by atoms with Crippen LogP contribution in [0.15, 0.2) is 23.3 Å². The fourth-order valence-corrected chi connectivity index (χ4v) is 2.51. The van der Waals surface area contributed by atoms with Crippen molar-refractivity contribution in [3.8, 4) is 0 Å². The monoisotopic (exact) mass is 332 g/mol. The molecule has 2 rings (SSSR count). The topological polar surface area (TPSA) is 94.9 Å². The number of carboxylic acid groups (broad SMARTS) is 1. The lowest BCUT2D eigenvalue weighted by Crippen LogP contribution is -2.36. The van der Waals surface area contributed by atoms with Gasteiger partial charge in [-0.05, 0) is 57.9 Å². The van der Waals surface area contributed by atoms with Gasteiger partial charge in [0.15, 0.2) is 0 Å². The van der Waals surface area contributed by atoms with E-state index in [-0.39, 0.29) is 5.69 Å². The molecule has 7 nitrogen and oxygen atoms in total. The van der Waals surface area contributed by atoms with Crippen LogP contribution in [0.25, 0.3) is 0 Å². The molecule has 0 spiro atoms. The predicted molar refractivity (Wildman–Crippen MR) is 86.7 cm³/mol. The highest BCUT2D eigenvalue weighted by Crippen LogP contribution is 2.14. The number of hydrogen-bond acceptors (Lipinski definition) is 6. The number of carbonyl (C=O) groups excluding carboxylic acids is 2. The number of carboxylic acids is 1. The van der Waals surface area contributed by atoms with Crippen LogP contribution in [-0.4, -0.2) is 46.3 Å². The van der Waals surface area contributed by atoms with Crippen LogP contribution in [0, 0.1) is 0 Å². The Morgan fingerprint density at radius 2 is 2.17 bits per heavy atom. The van der Waals surface area contributed by atoms with Gasteiger partial charge < -0.3 is 14.6 Å². The van der Waals surface area contributed by atoms with Crippen molar-refractivity contribution < 1.29 is 19.4 Å². The van der Waals surface area contributed by atoms with Crippen molar-refractivity contribution in [1.29, 1.82) is 0 Å². The van der Waals surface area contributed by atoms with Crippen molar-refractivity contribution in [1.82, 2.24) is 9.88 Å². The van der Waals surface area contributed by atoms with E-state index in [4.69, 9.17) is 4.74 Å².